The molecule has 1 aliphatic heterocycles. The van der Waals surface area contributed by atoms with E-state index in [0.717, 1.165) is 5.56 Å². The van der Waals surface area contributed by atoms with E-state index in [4.69, 9.17) is 0 Å². The monoisotopic (exact) mass is 401 g/mol. The molecule has 28 heavy (non-hydrogen) atoms. The van der Waals surface area contributed by atoms with Crippen molar-refractivity contribution in [3.05, 3.63) is 69.8 Å². The largest absolute Gasteiger partial charge is 0.322 e. The first-order chi connectivity index (χ1) is 13.3. The van der Waals surface area contributed by atoms with Crippen molar-refractivity contribution >= 4 is 39.1 Å². The van der Waals surface area contributed by atoms with Gasteiger partial charge in [-0.25, -0.2) is 8.42 Å². The molecule has 3 rings (SSSR count). The van der Waals surface area contributed by atoms with Crippen LogP contribution in [0, 0.1) is 17.0 Å². The number of nitrogens with zero attached hydrogens (tertiary/aromatic N) is 2. The summed E-state index contributed by atoms with van der Waals surface area (Å²) in [5, 5.41) is 13.6. The molecule has 0 atom stereocenters. The molecule has 1 amide bonds. The number of benzene rings is 2. The summed E-state index contributed by atoms with van der Waals surface area (Å²) < 4.78 is 25.3. The zero-order valence-electron chi connectivity index (χ0n) is 15.2. The average molecular weight is 401 g/mol. The van der Waals surface area contributed by atoms with E-state index in [-0.39, 0.29) is 11.4 Å². The lowest BCUT2D eigenvalue weighted by atomic mass is 10.1. The van der Waals surface area contributed by atoms with Crippen molar-refractivity contribution in [2.24, 2.45) is 0 Å². The van der Waals surface area contributed by atoms with Gasteiger partial charge in [0.05, 0.1) is 27.6 Å². The van der Waals surface area contributed by atoms with Gasteiger partial charge in [0.1, 0.15) is 0 Å². The number of carbonyl (C=O) groups excluding carboxylic acids is 1. The second kappa shape index (κ2) is 7.81. The van der Waals surface area contributed by atoms with E-state index in [1.807, 2.05) is 0 Å². The van der Waals surface area contributed by atoms with E-state index in [0.29, 0.717) is 29.9 Å². The molecule has 0 spiro atoms. The van der Waals surface area contributed by atoms with Crippen LogP contribution in [0.3, 0.4) is 0 Å². The van der Waals surface area contributed by atoms with E-state index >= 15 is 0 Å². The predicted octanol–water partition coefficient (Wildman–Crippen LogP) is 3.10. The van der Waals surface area contributed by atoms with Gasteiger partial charge in [0.2, 0.25) is 15.9 Å². The molecule has 0 aliphatic carbocycles. The van der Waals surface area contributed by atoms with Crippen molar-refractivity contribution in [3.8, 4) is 0 Å². The van der Waals surface area contributed by atoms with Gasteiger partial charge in [0.15, 0.2) is 0 Å². The summed E-state index contributed by atoms with van der Waals surface area (Å²) in [5.74, 6) is -0.263. The Bertz CT molecular complexity index is 1050. The van der Waals surface area contributed by atoms with Gasteiger partial charge < -0.3 is 5.32 Å². The summed E-state index contributed by atoms with van der Waals surface area (Å²) in [6, 6.07) is 11.3. The zero-order valence-corrected chi connectivity index (χ0v) is 16.0. The van der Waals surface area contributed by atoms with Gasteiger partial charge in [-0.2, -0.15) is 0 Å². The number of rotatable bonds is 5. The fourth-order valence-electron chi connectivity index (χ4n) is 2.98. The molecule has 1 heterocycles. The van der Waals surface area contributed by atoms with Gasteiger partial charge in [-0.1, -0.05) is 18.2 Å². The number of carbonyl (C=O) groups is 1. The van der Waals surface area contributed by atoms with Crippen LogP contribution in [-0.4, -0.2) is 31.5 Å². The van der Waals surface area contributed by atoms with Crippen LogP contribution in [-0.2, 0) is 14.8 Å². The maximum absolute atomic E-state index is 12.1. The molecule has 1 fully saturated rings. The highest BCUT2D eigenvalue weighted by Gasteiger charge is 2.28. The minimum absolute atomic E-state index is 0.0609. The lowest BCUT2D eigenvalue weighted by molar-refractivity contribution is -0.385. The molecule has 8 nitrogen and oxygen atoms in total. The van der Waals surface area contributed by atoms with Crippen LogP contribution in [0.2, 0.25) is 0 Å². The molecule has 1 aliphatic rings. The Labute approximate surface area is 162 Å². The number of hydrogen-bond acceptors (Lipinski definition) is 5. The third kappa shape index (κ3) is 4.20. The van der Waals surface area contributed by atoms with Crippen LogP contribution in [0.4, 0.5) is 17.1 Å². The Kier molecular flexibility index (Phi) is 5.46. The van der Waals surface area contributed by atoms with Gasteiger partial charge >= 0.3 is 0 Å². The highest BCUT2D eigenvalue weighted by molar-refractivity contribution is 7.93. The first-order valence-corrected chi connectivity index (χ1v) is 10.2. The van der Waals surface area contributed by atoms with Crippen molar-refractivity contribution in [1.82, 2.24) is 0 Å². The van der Waals surface area contributed by atoms with E-state index in [1.165, 1.54) is 22.5 Å². The second-order valence-electron chi connectivity index (χ2n) is 6.36. The smallest absolute Gasteiger partial charge is 0.274 e. The lowest BCUT2D eigenvalue weighted by Gasteiger charge is -2.16. The molecular formula is C19H19N3O5S. The molecule has 0 saturated carbocycles. The van der Waals surface area contributed by atoms with Crippen LogP contribution < -0.4 is 9.62 Å². The molecule has 0 radical (unpaired) electrons. The lowest BCUT2D eigenvalue weighted by Crippen LogP contribution is -2.24. The Morgan fingerprint density at radius 3 is 2.54 bits per heavy atom. The Hall–Kier alpha value is -3.20. The normalized spacial score (nSPS) is 15.7. The number of nitrogens with one attached hydrogen (secondary N) is 1. The van der Waals surface area contributed by atoms with Crippen LogP contribution in [0.15, 0.2) is 48.5 Å². The number of nitro benzene ring substituents is 1. The van der Waals surface area contributed by atoms with Crippen LogP contribution in [0.1, 0.15) is 17.5 Å². The average Bonchev–Trinajstić information content (AvgIpc) is 3.01. The molecule has 0 aromatic heterocycles. The van der Waals surface area contributed by atoms with Gasteiger partial charge in [-0.05, 0) is 43.2 Å². The fraction of sp³-hybridized carbons (Fsp3) is 0.211. The minimum Gasteiger partial charge on any atom is -0.322 e. The summed E-state index contributed by atoms with van der Waals surface area (Å²) >= 11 is 0. The summed E-state index contributed by atoms with van der Waals surface area (Å²) in [6.07, 6.45) is 3.52. The van der Waals surface area contributed by atoms with Crippen molar-refractivity contribution < 1.29 is 18.1 Å². The topological polar surface area (TPSA) is 110 Å². The van der Waals surface area contributed by atoms with Gasteiger partial charge in [0.25, 0.3) is 5.69 Å². The van der Waals surface area contributed by atoms with E-state index < -0.39 is 20.9 Å². The maximum Gasteiger partial charge on any atom is 0.274 e. The Morgan fingerprint density at radius 1 is 1.21 bits per heavy atom. The summed E-state index contributed by atoms with van der Waals surface area (Å²) in [7, 11) is -3.22. The first-order valence-electron chi connectivity index (χ1n) is 8.61. The molecule has 1 N–H and O–H groups in total. The van der Waals surface area contributed by atoms with E-state index in [1.54, 1.807) is 43.3 Å². The van der Waals surface area contributed by atoms with E-state index in [9.17, 15) is 23.3 Å². The Balaban J connectivity index is 1.68. The fourth-order valence-corrected chi connectivity index (χ4v) is 4.55. The number of anilines is 2. The molecule has 146 valence electrons. The highest BCUT2D eigenvalue weighted by Crippen LogP contribution is 2.26. The summed E-state index contributed by atoms with van der Waals surface area (Å²) in [5.41, 5.74) is 2.02. The summed E-state index contributed by atoms with van der Waals surface area (Å²) in [4.78, 5) is 22.6. The van der Waals surface area contributed by atoms with Crippen molar-refractivity contribution in [2.45, 2.75) is 13.3 Å². The van der Waals surface area contributed by atoms with Crippen molar-refractivity contribution in [2.75, 3.05) is 21.9 Å². The molecule has 2 aromatic rings. The molecule has 2 aromatic carbocycles. The zero-order chi connectivity index (χ0) is 20.3. The summed E-state index contributed by atoms with van der Waals surface area (Å²) in [6.45, 7) is 2.05. The van der Waals surface area contributed by atoms with Crippen LogP contribution in [0.25, 0.3) is 6.08 Å². The first kappa shape index (κ1) is 19.6. The van der Waals surface area contributed by atoms with Gasteiger partial charge in [-0.3, -0.25) is 19.2 Å². The maximum atomic E-state index is 12.1. The third-order valence-electron chi connectivity index (χ3n) is 4.47. The predicted molar refractivity (Wildman–Crippen MR) is 108 cm³/mol. The number of nitro groups is 1. The quantitative estimate of drug-likeness (QED) is 0.470. The molecule has 0 unspecified atom stereocenters. The Morgan fingerprint density at radius 2 is 1.93 bits per heavy atom. The minimum atomic E-state index is -3.22. The second-order valence-corrected chi connectivity index (χ2v) is 8.38. The third-order valence-corrected chi connectivity index (χ3v) is 6.34. The van der Waals surface area contributed by atoms with Crippen LogP contribution >= 0.6 is 0 Å². The van der Waals surface area contributed by atoms with Crippen molar-refractivity contribution in [1.29, 1.82) is 0 Å². The number of hydrogen-bond donors (Lipinski definition) is 1. The number of amides is 1. The van der Waals surface area contributed by atoms with Crippen LogP contribution in [0.5, 0.6) is 0 Å². The van der Waals surface area contributed by atoms with Gasteiger partial charge in [0, 0.05) is 18.7 Å². The molecule has 9 heteroatoms. The molecule has 1 saturated heterocycles. The molecular weight excluding hydrogens is 382 g/mol. The van der Waals surface area contributed by atoms with Gasteiger partial charge in [-0.15, -0.1) is 0 Å². The van der Waals surface area contributed by atoms with Crippen molar-refractivity contribution in [3.63, 3.8) is 0 Å². The SMILES string of the molecule is Cc1c(NC(=O)C=Cc2ccc(N3CCCS3(=O)=O)cc2)cccc1[N+](=O)[O-]. The van der Waals surface area contributed by atoms with E-state index in [2.05, 4.69) is 5.32 Å². The highest BCUT2D eigenvalue weighted by atomic mass is 32.2. The standard InChI is InChI=1S/C19H19N3O5S/c1-14-17(4-2-5-18(14)22(24)25)20-19(23)11-8-15-6-9-16(10-7-15)21-12-3-13-28(21,26)27/h2,4-11H,3,12-13H2,1H3,(H,20,23). The number of sulfonamides is 1. The molecule has 0 bridgehead atoms.